The van der Waals surface area contributed by atoms with Crippen LogP contribution in [0.2, 0.25) is 5.02 Å². The third-order valence-corrected chi connectivity index (χ3v) is 4.90. The highest BCUT2D eigenvalue weighted by molar-refractivity contribution is 6.33. The summed E-state index contributed by atoms with van der Waals surface area (Å²) in [5, 5.41) is 0.216. The van der Waals surface area contributed by atoms with E-state index in [1.807, 2.05) is 24.3 Å². The first-order valence-electron chi connectivity index (χ1n) is 8.82. The second-order valence-corrected chi connectivity index (χ2v) is 6.74. The average molecular weight is 401 g/mol. The van der Waals surface area contributed by atoms with Gasteiger partial charge in [-0.1, -0.05) is 48.0 Å². The molecule has 146 valence electrons. The molecule has 0 fully saturated rings. The van der Waals surface area contributed by atoms with Crippen LogP contribution in [0.25, 0.3) is 5.57 Å². The molecule has 2 aromatic carbocycles. The number of nitrogen functional groups attached to an aromatic ring is 1. The van der Waals surface area contributed by atoms with Crippen molar-refractivity contribution in [3.05, 3.63) is 64.7 Å². The predicted octanol–water partition coefficient (Wildman–Crippen LogP) is 3.40. The highest BCUT2D eigenvalue weighted by Gasteiger charge is 2.21. The number of esters is 1. The van der Waals surface area contributed by atoms with Crippen LogP contribution in [0.15, 0.2) is 48.5 Å². The number of hydrogen-bond donors (Lipinski definition) is 1. The lowest BCUT2D eigenvalue weighted by Crippen LogP contribution is -2.37. The second kappa shape index (κ2) is 8.80. The van der Waals surface area contributed by atoms with Crippen molar-refractivity contribution in [1.82, 2.24) is 4.90 Å². The number of methoxy groups -OCH3 is 1. The van der Waals surface area contributed by atoms with E-state index in [-0.39, 0.29) is 28.8 Å². The third kappa shape index (κ3) is 4.46. The Kier molecular flexibility index (Phi) is 6.21. The largest absolute Gasteiger partial charge is 0.496 e. The first-order valence-corrected chi connectivity index (χ1v) is 9.19. The van der Waals surface area contributed by atoms with Crippen LogP contribution in [0.3, 0.4) is 0 Å². The molecule has 0 aromatic heterocycles. The Bertz CT molecular complexity index is 912. The fourth-order valence-electron chi connectivity index (χ4n) is 3.00. The zero-order chi connectivity index (χ0) is 20.1. The molecule has 28 heavy (non-hydrogen) atoms. The Hall–Kier alpha value is -2.99. The van der Waals surface area contributed by atoms with Crippen LogP contribution in [-0.2, 0) is 9.53 Å². The van der Waals surface area contributed by atoms with Crippen molar-refractivity contribution < 1.29 is 19.1 Å². The van der Waals surface area contributed by atoms with Crippen LogP contribution in [-0.4, -0.2) is 43.6 Å². The van der Waals surface area contributed by atoms with Crippen molar-refractivity contribution >= 4 is 34.7 Å². The molecule has 0 spiro atoms. The molecule has 0 atom stereocenters. The summed E-state index contributed by atoms with van der Waals surface area (Å²) in [6, 6.07) is 12.9. The first-order chi connectivity index (χ1) is 13.5. The fourth-order valence-corrected chi connectivity index (χ4v) is 3.17. The van der Waals surface area contributed by atoms with Gasteiger partial charge in [0.15, 0.2) is 6.61 Å². The predicted molar refractivity (Wildman–Crippen MR) is 108 cm³/mol. The van der Waals surface area contributed by atoms with Crippen LogP contribution >= 0.6 is 11.6 Å². The molecule has 2 N–H and O–H groups in total. The van der Waals surface area contributed by atoms with Gasteiger partial charge in [0.1, 0.15) is 11.3 Å². The molecule has 0 bridgehead atoms. The van der Waals surface area contributed by atoms with Crippen LogP contribution in [0, 0.1) is 0 Å². The summed E-state index contributed by atoms with van der Waals surface area (Å²) in [6.07, 6.45) is 2.78. The lowest BCUT2D eigenvalue weighted by atomic mass is 10.00. The van der Waals surface area contributed by atoms with Gasteiger partial charge in [0.25, 0.3) is 5.91 Å². The molecule has 0 radical (unpaired) electrons. The van der Waals surface area contributed by atoms with Gasteiger partial charge in [0.2, 0.25) is 0 Å². The summed E-state index contributed by atoms with van der Waals surface area (Å²) >= 11 is 5.97. The number of carbonyl (C=O) groups excluding carboxylic acids is 2. The van der Waals surface area contributed by atoms with Gasteiger partial charge < -0.3 is 20.1 Å². The van der Waals surface area contributed by atoms with E-state index in [4.69, 9.17) is 26.8 Å². The number of amides is 1. The Labute approximate surface area is 168 Å². The van der Waals surface area contributed by atoms with Crippen molar-refractivity contribution in [3.63, 3.8) is 0 Å². The normalized spacial score (nSPS) is 13.6. The lowest BCUT2D eigenvalue weighted by molar-refractivity contribution is -0.134. The molecule has 1 aliphatic heterocycles. The van der Waals surface area contributed by atoms with Crippen molar-refractivity contribution in [2.45, 2.75) is 6.42 Å². The maximum Gasteiger partial charge on any atom is 0.342 e. The molecule has 7 heteroatoms. The Balaban J connectivity index is 1.59. The zero-order valence-corrected chi connectivity index (χ0v) is 16.2. The number of ether oxygens (including phenoxy) is 2. The fraction of sp³-hybridized carbons (Fsp3) is 0.238. The van der Waals surface area contributed by atoms with Gasteiger partial charge in [0.05, 0.1) is 17.8 Å². The molecule has 6 nitrogen and oxygen atoms in total. The Morgan fingerprint density at radius 2 is 1.96 bits per heavy atom. The monoisotopic (exact) mass is 400 g/mol. The van der Waals surface area contributed by atoms with Crippen molar-refractivity contribution in [1.29, 1.82) is 0 Å². The highest BCUT2D eigenvalue weighted by atomic mass is 35.5. The van der Waals surface area contributed by atoms with Gasteiger partial charge in [0, 0.05) is 19.2 Å². The van der Waals surface area contributed by atoms with Crippen molar-refractivity contribution in [2.24, 2.45) is 0 Å². The molecule has 1 aliphatic rings. The van der Waals surface area contributed by atoms with E-state index >= 15 is 0 Å². The zero-order valence-electron chi connectivity index (χ0n) is 15.5. The molecule has 2 aromatic rings. The van der Waals surface area contributed by atoms with Crippen molar-refractivity contribution in [3.8, 4) is 5.75 Å². The number of carbonyl (C=O) groups is 2. The molecular weight excluding hydrogens is 380 g/mol. The molecule has 0 saturated carbocycles. The minimum Gasteiger partial charge on any atom is -0.496 e. The Morgan fingerprint density at radius 1 is 1.21 bits per heavy atom. The van der Waals surface area contributed by atoms with Crippen LogP contribution < -0.4 is 10.5 Å². The molecule has 1 heterocycles. The minimum atomic E-state index is -0.690. The molecule has 0 aliphatic carbocycles. The number of hydrogen-bond acceptors (Lipinski definition) is 5. The highest BCUT2D eigenvalue weighted by Crippen LogP contribution is 2.29. The van der Waals surface area contributed by atoms with Crippen LogP contribution in [0.1, 0.15) is 22.3 Å². The van der Waals surface area contributed by atoms with Crippen LogP contribution in [0.5, 0.6) is 5.75 Å². The maximum absolute atomic E-state index is 12.4. The molecular formula is C21H21ClN2O4. The molecule has 0 unspecified atom stereocenters. The molecule has 3 rings (SSSR count). The van der Waals surface area contributed by atoms with E-state index in [0.717, 1.165) is 12.0 Å². The summed E-state index contributed by atoms with van der Waals surface area (Å²) in [6.45, 7) is 0.713. The lowest BCUT2D eigenvalue weighted by Gasteiger charge is -2.26. The molecule has 1 amide bonds. The van der Waals surface area contributed by atoms with Crippen LogP contribution in [0.4, 0.5) is 5.69 Å². The SMILES string of the molecule is COc1cc(N)c(Cl)cc1C(=O)OCC(=O)N1CC=C(c2ccccc2)CC1. The Morgan fingerprint density at radius 3 is 2.61 bits per heavy atom. The van der Waals surface area contributed by atoms with Gasteiger partial charge in [-0.2, -0.15) is 0 Å². The topological polar surface area (TPSA) is 81.9 Å². The van der Waals surface area contributed by atoms with E-state index < -0.39 is 5.97 Å². The summed E-state index contributed by atoms with van der Waals surface area (Å²) in [7, 11) is 1.41. The number of anilines is 1. The van der Waals surface area contributed by atoms with E-state index in [9.17, 15) is 9.59 Å². The van der Waals surface area contributed by atoms with Gasteiger partial charge in [-0.05, 0) is 23.6 Å². The van der Waals surface area contributed by atoms with Gasteiger partial charge in [-0.25, -0.2) is 4.79 Å². The van der Waals surface area contributed by atoms with Crippen molar-refractivity contribution in [2.75, 3.05) is 32.5 Å². The summed E-state index contributed by atoms with van der Waals surface area (Å²) in [5.74, 6) is -0.699. The van der Waals surface area contributed by atoms with E-state index in [0.29, 0.717) is 18.8 Å². The number of nitrogens with zero attached hydrogens (tertiary/aromatic N) is 1. The van der Waals surface area contributed by atoms with Gasteiger partial charge >= 0.3 is 5.97 Å². The van der Waals surface area contributed by atoms with Gasteiger partial charge in [-0.3, -0.25) is 4.79 Å². The van der Waals surface area contributed by atoms with E-state index in [1.165, 1.54) is 24.8 Å². The average Bonchev–Trinajstić information content (AvgIpc) is 2.74. The number of halogens is 1. The van der Waals surface area contributed by atoms with E-state index in [1.54, 1.807) is 4.90 Å². The summed E-state index contributed by atoms with van der Waals surface area (Å²) in [5.41, 5.74) is 8.50. The standard InChI is InChI=1S/C21H21ClN2O4/c1-27-19-12-18(23)17(22)11-16(19)21(26)28-13-20(25)24-9-7-15(8-10-24)14-5-3-2-4-6-14/h2-7,11-12H,8-10,13,23H2,1H3. The number of rotatable bonds is 5. The smallest absolute Gasteiger partial charge is 0.342 e. The summed E-state index contributed by atoms with van der Waals surface area (Å²) < 4.78 is 10.3. The third-order valence-electron chi connectivity index (χ3n) is 4.57. The first kappa shape index (κ1) is 19.8. The second-order valence-electron chi connectivity index (χ2n) is 6.34. The molecule has 0 saturated heterocycles. The maximum atomic E-state index is 12.4. The number of nitrogens with two attached hydrogens (primary N) is 1. The number of benzene rings is 2. The quantitative estimate of drug-likeness (QED) is 0.614. The summed E-state index contributed by atoms with van der Waals surface area (Å²) in [4.78, 5) is 26.4. The van der Waals surface area contributed by atoms with Gasteiger partial charge in [-0.15, -0.1) is 0 Å². The van der Waals surface area contributed by atoms with E-state index in [2.05, 4.69) is 12.1 Å². The minimum absolute atomic E-state index is 0.124.